The monoisotopic (exact) mass is 331 g/mol. The molecule has 0 saturated heterocycles. The Hall–Kier alpha value is -0.930. The number of carbonyl (C=O) groups is 1. The van der Waals surface area contributed by atoms with Crippen molar-refractivity contribution in [2.75, 3.05) is 19.5 Å². The Kier molecular flexibility index (Phi) is 6.82. The third kappa shape index (κ3) is 5.08. The zero-order chi connectivity index (χ0) is 16.0. The molecule has 0 atom stereocenters. The first-order valence-electron chi connectivity index (χ1n) is 7.04. The summed E-state index contributed by atoms with van der Waals surface area (Å²) in [6, 6.07) is 5.48. The molecule has 1 aromatic carbocycles. The molecule has 1 amide bonds. The van der Waals surface area contributed by atoms with Gasteiger partial charge >= 0.3 is 0 Å². The van der Waals surface area contributed by atoms with Gasteiger partial charge < -0.3 is 9.64 Å². The third-order valence-corrected chi connectivity index (χ3v) is 4.05. The van der Waals surface area contributed by atoms with E-state index >= 15 is 0 Å². The van der Waals surface area contributed by atoms with E-state index in [9.17, 15) is 4.79 Å². The third-order valence-electron chi connectivity index (χ3n) is 3.15. The first-order valence-corrected chi connectivity index (χ1v) is 7.95. The topological polar surface area (TPSA) is 29.5 Å². The van der Waals surface area contributed by atoms with E-state index in [1.165, 1.54) is 0 Å². The van der Waals surface area contributed by atoms with E-state index in [0.717, 1.165) is 17.7 Å². The molecule has 0 spiro atoms. The summed E-state index contributed by atoms with van der Waals surface area (Å²) in [6.07, 6.45) is 0.927. The second-order valence-electron chi connectivity index (χ2n) is 5.78. The maximum Gasteiger partial charge on any atom is 0.229 e. The van der Waals surface area contributed by atoms with Crippen LogP contribution in [0.25, 0.3) is 0 Å². The number of amides is 1. The average molecular weight is 332 g/mol. The number of alkyl halides is 1. The molecule has 1 rings (SSSR count). The number of halogens is 2. The minimum Gasteiger partial charge on any atom is -0.493 e. The van der Waals surface area contributed by atoms with Gasteiger partial charge in [0.2, 0.25) is 5.91 Å². The minimum absolute atomic E-state index is 0.00100. The number of carbonyl (C=O) groups excluding carboxylic acids is 1. The Labute approximate surface area is 137 Å². The highest BCUT2D eigenvalue weighted by molar-refractivity contribution is 6.30. The molecule has 0 fully saturated rings. The molecule has 5 heteroatoms. The minimum atomic E-state index is -0.584. The second kappa shape index (κ2) is 7.90. The summed E-state index contributed by atoms with van der Waals surface area (Å²) in [7, 11) is 1.77. The van der Waals surface area contributed by atoms with E-state index in [1.54, 1.807) is 18.0 Å². The van der Waals surface area contributed by atoms with Crippen LogP contribution in [0.15, 0.2) is 18.2 Å². The summed E-state index contributed by atoms with van der Waals surface area (Å²) in [5.74, 6) is 1.05. The van der Waals surface area contributed by atoms with Crippen LogP contribution in [0, 0.1) is 5.41 Å². The molecule has 0 heterocycles. The molecule has 0 aliphatic rings. The van der Waals surface area contributed by atoms with Crippen LogP contribution in [0.1, 0.15) is 32.8 Å². The predicted molar refractivity (Wildman–Crippen MR) is 88.2 cm³/mol. The lowest BCUT2D eigenvalue weighted by atomic mass is 9.94. The number of hydrogen-bond donors (Lipinski definition) is 0. The molecule has 0 aliphatic heterocycles. The van der Waals surface area contributed by atoms with Crippen LogP contribution in [-0.4, -0.2) is 30.3 Å². The molecule has 0 aromatic heterocycles. The van der Waals surface area contributed by atoms with Gasteiger partial charge in [0.1, 0.15) is 5.75 Å². The molecule has 3 nitrogen and oxygen atoms in total. The van der Waals surface area contributed by atoms with Gasteiger partial charge in [0.15, 0.2) is 0 Å². The maximum atomic E-state index is 12.4. The summed E-state index contributed by atoms with van der Waals surface area (Å²) in [4.78, 5) is 14.0. The van der Waals surface area contributed by atoms with E-state index in [0.29, 0.717) is 18.2 Å². The molecule has 1 aromatic rings. The van der Waals surface area contributed by atoms with E-state index in [2.05, 4.69) is 0 Å². The number of rotatable bonds is 7. The Balaban J connectivity index is 2.90. The first kappa shape index (κ1) is 18.1. The molecule has 0 N–H and O–H groups in total. The molecule has 21 heavy (non-hydrogen) atoms. The largest absolute Gasteiger partial charge is 0.493 e. The van der Waals surface area contributed by atoms with Gasteiger partial charge in [-0.3, -0.25) is 4.79 Å². The van der Waals surface area contributed by atoms with E-state index in [-0.39, 0.29) is 11.8 Å². The highest BCUT2D eigenvalue weighted by atomic mass is 35.5. The first-order chi connectivity index (χ1) is 9.81. The zero-order valence-corrected chi connectivity index (χ0v) is 14.6. The lowest BCUT2D eigenvalue weighted by molar-refractivity contribution is -0.138. The van der Waals surface area contributed by atoms with Crippen LogP contribution < -0.4 is 4.74 Å². The fourth-order valence-electron chi connectivity index (χ4n) is 1.93. The van der Waals surface area contributed by atoms with Gasteiger partial charge in [0.05, 0.1) is 12.0 Å². The lowest BCUT2D eigenvalue weighted by Gasteiger charge is -2.28. The van der Waals surface area contributed by atoms with Gasteiger partial charge in [-0.1, -0.05) is 18.5 Å². The predicted octanol–water partition coefficient (Wildman–Crippen LogP) is 4.35. The van der Waals surface area contributed by atoms with Crippen LogP contribution in [-0.2, 0) is 11.3 Å². The molecule has 0 radical (unpaired) electrons. The number of hydrogen-bond acceptors (Lipinski definition) is 2. The lowest BCUT2D eigenvalue weighted by Crippen LogP contribution is -2.39. The van der Waals surface area contributed by atoms with Crippen molar-refractivity contribution in [1.82, 2.24) is 4.90 Å². The summed E-state index contributed by atoms with van der Waals surface area (Å²) < 4.78 is 5.71. The van der Waals surface area contributed by atoms with Crippen LogP contribution in [0.4, 0.5) is 0 Å². The normalized spacial score (nSPS) is 11.3. The van der Waals surface area contributed by atoms with E-state index in [4.69, 9.17) is 27.9 Å². The number of benzene rings is 1. The van der Waals surface area contributed by atoms with Gasteiger partial charge in [-0.05, 0) is 38.5 Å². The summed E-state index contributed by atoms with van der Waals surface area (Å²) in [5, 5.41) is 0.631. The van der Waals surface area contributed by atoms with Crippen molar-refractivity contribution in [2.24, 2.45) is 5.41 Å². The average Bonchev–Trinajstić information content (AvgIpc) is 2.45. The van der Waals surface area contributed by atoms with Gasteiger partial charge in [-0.2, -0.15) is 0 Å². The van der Waals surface area contributed by atoms with Gasteiger partial charge in [-0.25, -0.2) is 0 Å². The molecular weight excluding hydrogens is 309 g/mol. The molecular formula is C16H23Cl2NO2. The van der Waals surface area contributed by atoms with Gasteiger partial charge in [0, 0.05) is 30.1 Å². The van der Waals surface area contributed by atoms with Gasteiger partial charge in [-0.15, -0.1) is 11.6 Å². The van der Waals surface area contributed by atoms with Crippen LogP contribution >= 0.6 is 23.2 Å². The number of nitrogens with zero attached hydrogens (tertiary/aromatic N) is 1. The van der Waals surface area contributed by atoms with Crippen molar-refractivity contribution < 1.29 is 9.53 Å². The van der Waals surface area contributed by atoms with Crippen molar-refractivity contribution in [1.29, 1.82) is 0 Å². The van der Waals surface area contributed by atoms with Crippen molar-refractivity contribution in [3.63, 3.8) is 0 Å². The quantitative estimate of drug-likeness (QED) is 0.695. The summed E-state index contributed by atoms with van der Waals surface area (Å²) >= 11 is 11.9. The van der Waals surface area contributed by atoms with E-state index < -0.39 is 5.41 Å². The fraction of sp³-hybridized carbons (Fsp3) is 0.562. The van der Waals surface area contributed by atoms with Crippen LogP contribution in [0.3, 0.4) is 0 Å². The number of ether oxygens (including phenoxy) is 1. The van der Waals surface area contributed by atoms with Crippen molar-refractivity contribution in [3.8, 4) is 5.75 Å². The smallest absolute Gasteiger partial charge is 0.229 e. The SMILES string of the molecule is CCCOc1ccc(Cl)cc1CN(C)C(=O)C(C)(C)CCl. The zero-order valence-electron chi connectivity index (χ0n) is 13.1. The molecule has 118 valence electrons. The molecule has 0 unspecified atom stereocenters. The second-order valence-corrected chi connectivity index (χ2v) is 6.48. The van der Waals surface area contributed by atoms with Crippen LogP contribution in [0.5, 0.6) is 5.75 Å². The van der Waals surface area contributed by atoms with Crippen molar-refractivity contribution in [2.45, 2.75) is 33.7 Å². The Bertz CT molecular complexity index is 489. The van der Waals surface area contributed by atoms with Crippen molar-refractivity contribution in [3.05, 3.63) is 28.8 Å². The molecule has 0 aliphatic carbocycles. The van der Waals surface area contributed by atoms with E-state index in [1.807, 2.05) is 32.9 Å². The van der Waals surface area contributed by atoms with Gasteiger partial charge in [0.25, 0.3) is 0 Å². The summed E-state index contributed by atoms with van der Waals surface area (Å²) in [5.41, 5.74) is 0.316. The molecule has 0 bridgehead atoms. The standard InChI is InChI=1S/C16H23Cl2NO2/c1-5-8-21-14-7-6-13(18)9-12(14)10-19(4)15(20)16(2,3)11-17/h6-7,9H,5,8,10-11H2,1-4H3. The fourth-order valence-corrected chi connectivity index (χ4v) is 2.23. The highest BCUT2D eigenvalue weighted by Crippen LogP contribution is 2.26. The summed E-state index contributed by atoms with van der Waals surface area (Å²) in [6.45, 7) is 6.81. The van der Waals surface area contributed by atoms with Crippen molar-refractivity contribution >= 4 is 29.1 Å². The Morgan fingerprint density at radius 3 is 2.62 bits per heavy atom. The highest BCUT2D eigenvalue weighted by Gasteiger charge is 2.29. The maximum absolute atomic E-state index is 12.4. The Morgan fingerprint density at radius 1 is 1.38 bits per heavy atom. The Morgan fingerprint density at radius 2 is 2.05 bits per heavy atom. The molecule has 0 saturated carbocycles. The van der Waals surface area contributed by atoms with Crippen LogP contribution in [0.2, 0.25) is 5.02 Å².